The normalized spacial score (nSPS) is 15.7. The molecule has 5 rings (SSSR count). The number of benzene rings is 3. The Morgan fingerprint density at radius 3 is 2.03 bits per heavy atom. The molecule has 6 nitrogen and oxygen atoms in total. The molecular formula is C23H17N3O3. The number of hydrogen-bond acceptors (Lipinski definition) is 4. The summed E-state index contributed by atoms with van der Waals surface area (Å²) < 4.78 is 5.72. The van der Waals surface area contributed by atoms with Crippen molar-refractivity contribution < 1.29 is 14.0 Å². The predicted octanol–water partition coefficient (Wildman–Crippen LogP) is 3.82. The number of nitrogens with one attached hydrogen (secondary N) is 1. The van der Waals surface area contributed by atoms with Crippen molar-refractivity contribution in [2.75, 3.05) is 0 Å². The van der Waals surface area contributed by atoms with Crippen LogP contribution in [0.1, 0.15) is 17.0 Å². The molecule has 2 heterocycles. The number of fused-ring (bicyclic) bond motifs is 1. The molecule has 6 heteroatoms. The lowest BCUT2D eigenvalue weighted by Crippen LogP contribution is -2.45. The molecule has 1 N–H and O–H groups in total. The number of oxazole rings is 1. The Labute approximate surface area is 166 Å². The second-order valence-corrected chi connectivity index (χ2v) is 6.88. The average molecular weight is 383 g/mol. The van der Waals surface area contributed by atoms with Gasteiger partial charge in [-0.1, -0.05) is 72.8 Å². The molecule has 0 radical (unpaired) electrons. The summed E-state index contributed by atoms with van der Waals surface area (Å²) >= 11 is 0. The van der Waals surface area contributed by atoms with Crippen LogP contribution in [0.5, 0.6) is 0 Å². The topological polar surface area (TPSA) is 75.4 Å². The number of carbonyl (C=O) groups excluding carboxylic acids is 2. The van der Waals surface area contributed by atoms with E-state index in [1.165, 1.54) is 0 Å². The first-order chi connectivity index (χ1) is 14.2. The third kappa shape index (κ3) is 2.69. The summed E-state index contributed by atoms with van der Waals surface area (Å²) in [6.45, 7) is -0.0409. The van der Waals surface area contributed by atoms with Crippen LogP contribution in [0.25, 0.3) is 11.1 Å². The molecule has 0 saturated carbocycles. The molecule has 0 unspecified atom stereocenters. The van der Waals surface area contributed by atoms with Crippen LogP contribution in [-0.2, 0) is 16.9 Å². The maximum absolute atomic E-state index is 13.6. The summed E-state index contributed by atoms with van der Waals surface area (Å²) in [5, 5.41) is 2.92. The molecule has 0 bridgehead atoms. The Kier molecular flexibility index (Phi) is 3.91. The van der Waals surface area contributed by atoms with Crippen molar-refractivity contribution in [3.05, 3.63) is 102 Å². The lowest BCUT2D eigenvalue weighted by Gasteiger charge is -2.27. The SMILES string of the molecule is O=C1NC(c2ccccc2)(c2ccccc2)C(=O)N1Cc1nc2ccccc2o1. The zero-order valence-electron chi connectivity index (χ0n) is 15.4. The first kappa shape index (κ1) is 17.2. The molecule has 3 aromatic carbocycles. The Morgan fingerprint density at radius 1 is 0.828 bits per heavy atom. The van der Waals surface area contributed by atoms with Crippen LogP contribution in [0.4, 0.5) is 4.79 Å². The Morgan fingerprint density at radius 2 is 1.41 bits per heavy atom. The molecule has 29 heavy (non-hydrogen) atoms. The highest BCUT2D eigenvalue weighted by atomic mass is 16.3. The van der Waals surface area contributed by atoms with Gasteiger partial charge in [-0.3, -0.25) is 9.69 Å². The highest BCUT2D eigenvalue weighted by Crippen LogP contribution is 2.36. The van der Waals surface area contributed by atoms with Gasteiger partial charge in [-0.2, -0.15) is 0 Å². The summed E-state index contributed by atoms with van der Waals surface area (Å²) in [6, 6.07) is 25.4. The lowest BCUT2D eigenvalue weighted by molar-refractivity contribution is -0.130. The third-order valence-corrected chi connectivity index (χ3v) is 5.15. The largest absolute Gasteiger partial charge is 0.439 e. The number of para-hydroxylation sites is 2. The van der Waals surface area contributed by atoms with E-state index in [9.17, 15) is 9.59 Å². The molecule has 1 aromatic heterocycles. The van der Waals surface area contributed by atoms with Gasteiger partial charge in [0.15, 0.2) is 11.1 Å². The molecule has 0 spiro atoms. The number of carbonyl (C=O) groups is 2. The van der Waals surface area contributed by atoms with Crippen molar-refractivity contribution in [2.24, 2.45) is 0 Å². The van der Waals surface area contributed by atoms with E-state index in [1.807, 2.05) is 78.9 Å². The number of hydrogen-bond donors (Lipinski definition) is 1. The van der Waals surface area contributed by atoms with E-state index in [2.05, 4.69) is 10.3 Å². The van der Waals surface area contributed by atoms with Gasteiger partial charge in [0.25, 0.3) is 5.91 Å². The van der Waals surface area contributed by atoms with Gasteiger partial charge in [0.1, 0.15) is 12.1 Å². The van der Waals surface area contributed by atoms with E-state index in [-0.39, 0.29) is 12.5 Å². The van der Waals surface area contributed by atoms with E-state index < -0.39 is 11.6 Å². The quantitative estimate of drug-likeness (QED) is 0.544. The minimum atomic E-state index is -1.29. The van der Waals surface area contributed by atoms with Crippen molar-refractivity contribution in [1.29, 1.82) is 0 Å². The zero-order valence-corrected chi connectivity index (χ0v) is 15.4. The van der Waals surface area contributed by atoms with Crippen molar-refractivity contribution in [2.45, 2.75) is 12.1 Å². The molecule has 1 saturated heterocycles. The smallest absolute Gasteiger partial charge is 0.326 e. The van der Waals surface area contributed by atoms with Crippen molar-refractivity contribution >= 4 is 23.0 Å². The summed E-state index contributed by atoms with van der Waals surface area (Å²) in [5.74, 6) is -0.0474. The van der Waals surface area contributed by atoms with Crippen LogP contribution >= 0.6 is 0 Å². The van der Waals surface area contributed by atoms with E-state index in [1.54, 1.807) is 6.07 Å². The summed E-state index contributed by atoms with van der Waals surface area (Å²) in [4.78, 5) is 32.1. The molecule has 1 aliphatic heterocycles. The standard InChI is InChI=1S/C23H17N3O3/c27-21-23(16-9-3-1-4-10-16,17-11-5-2-6-12-17)25-22(28)26(21)15-20-24-18-13-7-8-14-19(18)29-20/h1-14H,15H2,(H,25,28). The van der Waals surface area contributed by atoms with Gasteiger partial charge < -0.3 is 9.73 Å². The van der Waals surface area contributed by atoms with Crippen LogP contribution in [0.3, 0.4) is 0 Å². The van der Waals surface area contributed by atoms with Gasteiger partial charge in [0, 0.05) is 0 Å². The van der Waals surface area contributed by atoms with Gasteiger partial charge in [0.2, 0.25) is 5.89 Å². The molecule has 1 aliphatic rings. The van der Waals surface area contributed by atoms with Crippen LogP contribution in [0, 0.1) is 0 Å². The highest BCUT2D eigenvalue weighted by molar-refractivity contribution is 6.09. The highest BCUT2D eigenvalue weighted by Gasteiger charge is 2.53. The minimum Gasteiger partial charge on any atom is -0.439 e. The number of imide groups is 1. The summed E-state index contributed by atoms with van der Waals surface area (Å²) in [7, 11) is 0. The van der Waals surface area contributed by atoms with Crippen LogP contribution < -0.4 is 5.32 Å². The lowest BCUT2D eigenvalue weighted by atomic mass is 9.82. The molecule has 1 fully saturated rings. The molecule has 0 aliphatic carbocycles. The molecule has 142 valence electrons. The van der Waals surface area contributed by atoms with E-state index in [0.29, 0.717) is 28.1 Å². The Balaban J connectivity index is 1.57. The number of amides is 3. The number of urea groups is 1. The van der Waals surface area contributed by atoms with Crippen molar-refractivity contribution in [3.8, 4) is 0 Å². The summed E-state index contributed by atoms with van der Waals surface area (Å²) in [6.07, 6.45) is 0. The molecule has 4 aromatic rings. The maximum atomic E-state index is 13.6. The second kappa shape index (κ2) is 6.60. The van der Waals surface area contributed by atoms with E-state index >= 15 is 0 Å². The van der Waals surface area contributed by atoms with Crippen LogP contribution in [0.15, 0.2) is 89.3 Å². The second-order valence-electron chi connectivity index (χ2n) is 6.88. The fourth-order valence-corrected chi connectivity index (χ4v) is 3.78. The number of aromatic nitrogens is 1. The molecule has 0 atom stereocenters. The van der Waals surface area contributed by atoms with E-state index in [0.717, 1.165) is 4.90 Å². The van der Waals surface area contributed by atoms with E-state index in [4.69, 9.17) is 4.42 Å². The van der Waals surface area contributed by atoms with Crippen LogP contribution in [0.2, 0.25) is 0 Å². The van der Waals surface area contributed by atoms with Gasteiger partial charge in [0.05, 0.1) is 0 Å². The van der Waals surface area contributed by atoms with Gasteiger partial charge in [-0.05, 0) is 23.3 Å². The zero-order chi connectivity index (χ0) is 19.8. The van der Waals surface area contributed by atoms with Gasteiger partial charge in [-0.15, -0.1) is 0 Å². The average Bonchev–Trinajstić information content (AvgIpc) is 3.29. The Bertz CT molecular complexity index is 1130. The molecule has 3 amide bonds. The van der Waals surface area contributed by atoms with Crippen molar-refractivity contribution in [3.63, 3.8) is 0 Å². The maximum Gasteiger partial charge on any atom is 0.326 e. The first-order valence-corrected chi connectivity index (χ1v) is 9.28. The first-order valence-electron chi connectivity index (χ1n) is 9.28. The monoisotopic (exact) mass is 383 g/mol. The third-order valence-electron chi connectivity index (χ3n) is 5.15. The Hall–Kier alpha value is -3.93. The predicted molar refractivity (Wildman–Crippen MR) is 107 cm³/mol. The molecular weight excluding hydrogens is 366 g/mol. The number of rotatable bonds is 4. The fourth-order valence-electron chi connectivity index (χ4n) is 3.78. The van der Waals surface area contributed by atoms with Gasteiger partial charge in [-0.25, -0.2) is 9.78 Å². The van der Waals surface area contributed by atoms with Crippen LogP contribution in [-0.4, -0.2) is 21.8 Å². The van der Waals surface area contributed by atoms with Crippen molar-refractivity contribution in [1.82, 2.24) is 15.2 Å². The summed E-state index contributed by atoms with van der Waals surface area (Å²) in [5.41, 5.74) is 1.42. The fraction of sp³-hybridized carbons (Fsp3) is 0.0870. The van der Waals surface area contributed by atoms with Gasteiger partial charge >= 0.3 is 6.03 Å². The minimum absolute atomic E-state index is 0.0409. The number of nitrogens with zero attached hydrogens (tertiary/aromatic N) is 2.